The van der Waals surface area contributed by atoms with Gasteiger partial charge in [-0.1, -0.05) is 24.3 Å². The van der Waals surface area contributed by atoms with Crippen molar-refractivity contribution in [3.63, 3.8) is 0 Å². The molecule has 0 bridgehead atoms. The molecule has 5 aromatic rings. The summed E-state index contributed by atoms with van der Waals surface area (Å²) < 4.78 is 25.9. The van der Waals surface area contributed by atoms with Crippen molar-refractivity contribution in [1.29, 1.82) is 0 Å². The minimum Gasteiger partial charge on any atom is -0.496 e. The molecule has 0 spiro atoms. The molecule has 6 heteroatoms. The number of rotatable bonds is 8. The third kappa shape index (κ3) is 3.94. The lowest BCUT2D eigenvalue weighted by Crippen LogP contribution is -2.37. The van der Waals surface area contributed by atoms with Gasteiger partial charge in [-0.25, -0.2) is 0 Å². The van der Waals surface area contributed by atoms with Crippen molar-refractivity contribution in [2.45, 2.75) is 13.0 Å². The van der Waals surface area contributed by atoms with Gasteiger partial charge in [-0.3, -0.25) is 4.98 Å². The van der Waals surface area contributed by atoms with E-state index in [1.807, 2.05) is 60.8 Å². The van der Waals surface area contributed by atoms with E-state index in [-0.39, 0.29) is 0 Å². The summed E-state index contributed by atoms with van der Waals surface area (Å²) in [6, 6.07) is 24.1. The average molecular weight is 482 g/mol. The van der Waals surface area contributed by atoms with Crippen LogP contribution in [0.25, 0.3) is 32.9 Å². The summed E-state index contributed by atoms with van der Waals surface area (Å²) in [6.45, 7) is 0.730. The van der Waals surface area contributed by atoms with Gasteiger partial charge in [-0.2, -0.15) is 4.57 Å². The zero-order chi connectivity index (χ0) is 25.1. The Kier molecular flexibility index (Phi) is 6.58. The SMILES string of the molecule is COc1cccc(OC)c1-c1c2c(OC)cccc2[n+](CCc2ccccn2)c2cccc(OC)c12. The minimum atomic E-state index is 0.708. The second kappa shape index (κ2) is 10.1. The molecule has 0 saturated heterocycles. The molecule has 0 fully saturated rings. The molecule has 2 heterocycles. The molecule has 0 aliphatic heterocycles. The fraction of sp³-hybridized carbons (Fsp3) is 0.200. The Morgan fingerprint density at radius 3 is 1.61 bits per heavy atom. The molecule has 0 aliphatic rings. The standard InChI is InChI=1S/C30H29N2O4/c1-33-23-13-7-11-21-27(23)30(29-25(35-3)15-9-16-26(29)36-4)28-22(12-8-14-24(28)34-2)32(21)19-17-20-10-5-6-18-31-20/h5-16,18H,17,19H2,1-4H3/q+1. The Morgan fingerprint density at radius 1 is 0.583 bits per heavy atom. The van der Waals surface area contributed by atoms with Crippen molar-refractivity contribution in [2.24, 2.45) is 0 Å². The number of fused-ring (bicyclic) bond motifs is 2. The van der Waals surface area contributed by atoms with Gasteiger partial charge in [0, 0.05) is 36.0 Å². The van der Waals surface area contributed by atoms with Crippen molar-refractivity contribution in [1.82, 2.24) is 4.98 Å². The van der Waals surface area contributed by atoms with Crippen LogP contribution in [0.5, 0.6) is 23.0 Å². The molecule has 2 aromatic heterocycles. The molecule has 6 nitrogen and oxygen atoms in total. The molecular weight excluding hydrogens is 452 g/mol. The van der Waals surface area contributed by atoms with E-state index in [1.165, 1.54) is 0 Å². The number of nitrogens with zero attached hydrogens (tertiary/aromatic N) is 2. The van der Waals surface area contributed by atoms with E-state index in [4.69, 9.17) is 18.9 Å². The first-order chi connectivity index (χ1) is 17.7. The van der Waals surface area contributed by atoms with Crippen LogP contribution in [-0.2, 0) is 13.0 Å². The maximum absolute atomic E-state index is 5.93. The van der Waals surface area contributed by atoms with Gasteiger partial charge in [0.05, 0.1) is 44.8 Å². The number of aromatic nitrogens is 2. The van der Waals surface area contributed by atoms with Crippen LogP contribution in [0.4, 0.5) is 0 Å². The van der Waals surface area contributed by atoms with E-state index in [9.17, 15) is 0 Å². The smallest absolute Gasteiger partial charge is 0.217 e. The number of ether oxygens (including phenoxy) is 4. The molecule has 0 radical (unpaired) electrons. The fourth-order valence-corrected chi connectivity index (χ4v) is 4.95. The van der Waals surface area contributed by atoms with Crippen molar-refractivity contribution >= 4 is 21.8 Å². The van der Waals surface area contributed by atoms with Crippen molar-refractivity contribution in [3.05, 3.63) is 84.7 Å². The lowest BCUT2D eigenvalue weighted by atomic mass is 9.93. The zero-order valence-electron chi connectivity index (χ0n) is 20.9. The highest BCUT2D eigenvalue weighted by atomic mass is 16.5. The number of methoxy groups -OCH3 is 4. The average Bonchev–Trinajstić information content (AvgIpc) is 2.94. The summed E-state index contributed by atoms with van der Waals surface area (Å²) in [4.78, 5) is 4.54. The van der Waals surface area contributed by atoms with Gasteiger partial charge >= 0.3 is 0 Å². The van der Waals surface area contributed by atoms with Crippen molar-refractivity contribution < 1.29 is 23.5 Å². The third-order valence-electron chi connectivity index (χ3n) is 6.53. The lowest BCUT2D eigenvalue weighted by molar-refractivity contribution is -0.644. The molecule has 3 aromatic carbocycles. The maximum atomic E-state index is 5.93. The van der Waals surface area contributed by atoms with E-state index in [0.29, 0.717) is 11.5 Å². The topological polar surface area (TPSA) is 53.7 Å². The normalized spacial score (nSPS) is 11.0. The first-order valence-electron chi connectivity index (χ1n) is 11.8. The van der Waals surface area contributed by atoms with E-state index in [0.717, 1.165) is 63.1 Å². The van der Waals surface area contributed by atoms with Crippen LogP contribution in [-0.4, -0.2) is 33.4 Å². The maximum Gasteiger partial charge on any atom is 0.217 e. The Balaban J connectivity index is 1.94. The van der Waals surface area contributed by atoms with Crippen LogP contribution in [0.2, 0.25) is 0 Å². The largest absolute Gasteiger partial charge is 0.496 e. The quantitative estimate of drug-likeness (QED) is 0.213. The van der Waals surface area contributed by atoms with Crippen LogP contribution in [0.3, 0.4) is 0 Å². The van der Waals surface area contributed by atoms with Crippen LogP contribution < -0.4 is 23.5 Å². The van der Waals surface area contributed by atoms with E-state index in [2.05, 4.69) is 27.8 Å². The monoisotopic (exact) mass is 481 g/mol. The van der Waals surface area contributed by atoms with E-state index < -0.39 is 0 Å². The Bertz CT molecular complexity index is 1450. The molecular formula is C30H29N2O4+. The van der Waals surface area contributed by atoms with Gasteiger partial charge in [-0.05, 0) is 36.4 Å². The molecule has 0 unspecified atom stereocenters. The van der Waals surface area contributed by atoms with E-state index in [1.54, 1.807) is 28.4 Å². The highest BCUT2D eigenvalue weighted by Crippen LogP contribution is 2.48. The third-order valence-corrected chi connectivity index (χ3v) is 6.53. The summed E-state index contributed by atoms with van der Waals surface area (Å²) in [5.41, 5.74) is 4.90. The summed E-state index contributed by atoms with van der Waals surface area (Å²) in [6.07, 6.45) is 2.61. The second-order valence-corrected chi connectivity index (χ2v) is 8.34. The van der Waals surface area contributed by atoms with Crippen LogP contribution in [0.15, 0.2) is 79.0 Å². The second-order valence-electron chi connectivity index (χ2n) is 8.34. The van der Waals surface area contributed by atoms with E-state index >= 15 is 0 Å². The summed E-state index contributed by atoms with van der Waals surface area (Å²) in [5.74, 6) is 2.93. The molecule has 0 aliphatic carbocycles. The molecule has 182 valence electrons. The first-order valence-corrected chi connectivity index (χ1v) is 11.8. The first kappa shape index (κ1) is 23.4. The van der Waals surface area contributed by atoms with Gasteiger partial charge in [0.25, 0.3) is 0 Å². The molecule has 0 N–H and O–H groups in total. The fourth-order valence-electron chi connectivity index (χ4n) is 4.95. The van der Waals surface area contributed by atoms with Gasteiger partial charge < -0.3 is 18.9 Å². The molecule has 0 amide bonds. The van der Waals surface area contributed by atoms with Gasteiger partial charge in [-0.15, -0.1) is 0 Å². The molecule has 5 rings (SSSR count). The van der Waals surface area contributed by atoms with Crippen LogP contribution in [0.1, 0.15) is 5.69 Å². The number of benzene rings is 3. The molecule has 0 saturated carbocycles. The van der Waals surface area contributed by atoms with Crippen LogP contribution >= 0.6 is 0 Å². The highest BCUT2D eigenvalue weighted by molar-refractivity contribution is 6.13. The minimum absolute atomic E-state index is 0.708. The Morgan fingerprint density at radius 2 is 1.11 bits per heavy atom. The summed E-state index contributed by atoms with van der Waals surface area (Å²) in [7, 11) is 6.74. The predicted molar refractivity (Wildman–Crippen MR) is 141 cm³/mol. The number of hydrogen-bond acceptors (Lipinski definition) is 5. The Hall–Kier alpha value is -4.32. The summed E-state index contributed by atoms with van der Waals surface area (Å²) >= 11 is 0. The van der Waals surface area contributed by atoms with Gasteiger partial charge in [0.2, 0.25) is 11.0 Å². The number of hydrogen-bond donors (Lipinski definition) is 0. The van der Waals surface area contributed by atoms with Gasteiger partial charge in [0.15, 0.2) is 6.54 Å². The zero-order valence-corrected chi connectivity index (χ0v) is 20.9. The van der Waals surface area contributed by atoms with Gasteiger partial charge in [0.1, 0.15) is 23.0 Å². The molecule has 0 atom stereocenters. The highest BCUT2D eigenvalue weighted by Gasteiger charge is 2.29. The van der Waals surface area contributed by atoms with Crippen molar-refractivity contribution in [3.8, 4) is 34.1 Å². The number of pyridine rings is 2. The lowest BCUT2D eigenvalue weighted by Gasteiger charge is -2.19. The molecule has 36 heavy (non-hydrogen) atoms. The number of aryl methyl sites for hydroxylation is 2. The Labute approximate surface area is 210 Å². The summed E-state index contributed by atoms with van der Waals surface area (Å²) in [5, 5.41) is 1.92. The predicted octanol–water partition coefficient (Wildman–Crippen LogP) is 5.62. The van der Waals surface area contributed by atoms with Crippen molar-refractivity contribution in [2.75, 3.05) is 28.4 Å². The van der Waals surface area contributed by atoms with Crippen LogP contribution in [0, 0.1) is 0 Å².